The lowest BCUT2D eigenvalue weighted by Gasteiger charge is -2.32. The highest BCUT2D eigenvalue weighted by atomic mass is 32.2. The first-order chi connectivity index (χ1) is 18.6. The van der Waals surface area contributed by atoms with Gasteiger partial charge in [0.2, 0.25) is 0 Å². The maximum absolute atomic E-state index is 14.6. The van der Waals surface area contributed by atoms with Gasteiger partial charge in [-0.05, 0) is 34.7 Å². The van der Waals surface area contributed by atoms with Crippen molar-refractivity contribution in [2.24, 2.45) is 5.16 Å². The zero-order valence-corrected chi connectivity index (χ0v) is 20.2. The van der Waals surface area contributed by atoms with Crippen molar-refractivity contribution in [2.75, 3.05) is 0 Å². The molecule has 2 aromatic carbocycles. The van der Waals surface area contributed by atoms with E-state index in [-0.39, 0.29) is 17.5 Å². The molecular weight excluding hydrogens is 650 g/mol. The number of rotatable bonds is 8. The summed E-state index contributed by atoms with van der Waals surface area (Å²) in [6.07, 6.45) is -14.9. The minimum atomic E-state index is -8.07. The second-order valence-corrected chi connectivity index (χ2v) is 10.1. The molecule has 1 aliphatic carbocycles. The predicted molar refractivity (Wildman–Crippen MR) is 108 cm³/mol. The second-order valence-electron chi connectivity index (χ2n) is 8.48. The second kappa shape index (κ2) is 9.63. The summed E-state index contributed by atoms with van der Waals surface area (Å²) in [4.78, 5) is 0. The first-order valence-corrected chi connectivity index (χ1v) is 11.8. The highest BCUT2D eigenvalue weighted by Crippen LogP contribution is 2.55. The number of hydrogen-bond donors (Lipinski definition) is 0. The minimum absolute atomic E-state index is 0.128. The topological polar surface area (TPSA) is 55.7 Å². The zero-order valence-electron chi connectivity index (χ0n) is 19.4. The van der Waals surface area contributed by atoms with Crippen LogP contribution < -0.4 is 0 Å². The van der Waals surface area contributed by atoms with E-state index in [2.05, 4.69) is 4.28 Å². The maximum Gasteiger partial charge on any atom is 0.460 e. The van der Waals surface area contributed by atoms with Gasteiger partial charge < -0.3 is 0 Å². The van der Waals surface area contributed by atoms with Crippen LogP contribution in [0.5, 0.6) is 0 Å². The van der Waals surface area contributed by atoms with E-state index in [1.165, 1.54) is 24.3 Å². The Morgan fingerprint density at radius 3 is 1.67 bits per heavy atom. The van der Waals surface area contributed by atoms with Gasteiger partial charge in [0, 0.05) is 5.56 Å². The van der Waals surface area contributed by atoms with Crippen LogP contribution in [0.1, 0.15) is 16.7 Å². The summed E-state index contributed by atoms with van der Waals surface area (Å²) in [5, 5.41) is -6.11. The summed E-state index contributed by atoms with van der Waals surface area (Å²) in [5.41, 5.74) is -3.86. The van der Waals surface area contributed by atoms with Crippen LogP contribution in [0.3, 0.4) is 0 Å². The third-order valence-electron chi connectivity index (χ3n) is 5.77. The van der Waals surface area contributed by atoms with Gasteiger partial charge in [-0.2, -0.15) is 78.7 Å². The number of fused-ring (bicyclic) bond motifs is 3. The molecule has 0 saturated carbocycles. The van der Waals surface area contributed by atoms with Crippen LogP contribution in [0.4, 0.5) is 70.2 Å². The molecule has 1 aliphatic rings. The van der Waals surface area contributed by atoms with Crippen LogP contribution >= 0.6 is 0 Å². The van der Waals surface area contributed by atoms with E-state index < -0.39 is 62.7 Å². The third kappa shape index (κ3) is 4.81. The average molecular weight is 659 g/mol. The summed E-state index contributed by atoms with van der Waals surface area (Å²) in [7, 11) is -8.07. The number of oxime groups is 1. The monoisotopic (exact) mass is 659 g/mol. The molecule has 0 atom stereocenters. The molecule has 0 radical (unpaired) electrons. The predicted octanol–water partition coefficient (Wildman–Crippen LogP) is 7.57. The quantitative estimate of drug-likeness (QED) is 0.143. The van der Waals surface area contributed by atoms with Gasteiger partial charge in [-0.1, -0.05) is 41.6 Å². The van der Waals surface area contributed by atoms with Gasteiger partial charge >= 0.3 is 51.4 Å². The van der Waals surface area contributed by atoms with Crippen LogP contribution in [-0.2, 0) is 20.8 Å². The molecular formula is C21H9F16NO3S. The smallest absolute Gasteiger partial charge is 0.263 e. The Balaban J connectivity index is 2.19. The van der Waals surface area contributed by atoms with Crippen molar-refractivity contribution in [1.82, 2.24) is 0 Å². The molecule has 234 valence electrons. The maximum atomic E-state index is 14.6. The van der Waals surface area contributed by atoms with Crippen molar-refractivity contribution < 1.29 is 82.9 Å². The van der Waals surface area contributed by atoms with E-state index in [4.69, 9.17) is 0 Å². The van der Waals surface area contributed by atoms with Gasteiger partial charge in [-0.15, -0.1) is 0 Å². The minimum Gasteiger partial charge on any atom is -0.263 e. The number of alkyl halides is 16. The Bertz CT molecular complexity index is 1510. The molecule has 21 heteroatoms. The fourth-order valence-corrected chi connectivity index (χ4v) is 4.27. The molecule has 0 amide bonds. The average Bonchev–Trinajstić information content (AvgIpc) is 3.20. The van der Waals surface area contributed by atoms with E-state index >= 15 is 0 Å². The largest absolute Gasteiger partial charge is 0.460 e. The van der Waals surface area contributed by atoms with E-state index in [9.17, 15) is 78.7 Å². The molecule has 3 rings (SSSR count). The lowest BCUT2D eigenvalue weighted by atomic mass is 9.95. The van der Waals surface area contributed by atoms with Crippen LogP contribution in [0.15, 0.2) is 47.6 Å². The molecule has 0 spiro atoms. The Hall–Kier alpha value is -3.26. The van der Waals surface area contributed by atoms with Crippen LogP contribution in [0.25, 0.3) is 11.1 Å². The number of hydrogen-bond acceptors (Lipinski definition) is 4. The van der Waals surface area contributed by atoms with E-state index in [1.807, 2.05) is 0 Å². The Labute approximate surface area is 222 Å². The van der Waals surface area contributed by atoms with E-state index in [0.717, 1.165) is 6.07 Å². The van der Waals surface area contributed by atoms with Crippen molar-refractivity contribution in [2.45, 2.75) is 47.7 Å². The molecule has 0 saturated heterocycles. The first kappa shape index (κ1) is 33.2. The zero-order chi connectivity index (χ0) is 32.5. The Morgan fingerprint density at radius 1 is 0.643 bits per heavy atom. The Morgan fingerprint density at radius 2 is 1.14 bits per heavy atom. The molecule has 4 nitrogen and oxygen atoms in total. The van der Waals surface area contributed by atoms with Gasteiger partial charge in [-0.25, -0.2) is 0 Å². The van der Waals surface area contributed by atoms with Crippen LogP contribution in [0, 0.1) is 0 Å². The molecule has 0 bridgehead atoms. The molecule has 42 heavy (non-hydrogen) atoms. The molecule has 0 heterocycles. The molecule has 0 aromatic heterocycles. The summed E-state index contributed by atoms with van der Waals surface area (Å²) in [5.74, 6) is -29.8. The highest BCUT2D eigenvalue weighted by Gasteiger charge is 2.86. The molecule has 0 fully saturated rings. The van der Waals surface area contributed by atoms with Gasteiger partial charge in [0.1, 0.15) is 0 Å². The van der Waals surface area contributed by atoms with Gasteiger partial charge in [-0.3, -0.25) is 4.28 Å². The molecule has 2 aromatic rings. The van der Waals surface area contributed by atoms with Crippen molar-refractivity contribution in [3.8, 4) is 11.1 Å². The summed E-state index contributed by atoms with van der Waals surface area (Å²) in [6, 6.07) is 7.37. The summed E-state index contributed by atoms with van der Waals surface area (Å²) in [6.45, 7) is 0. The normalized spacial score (nSPS) is 15.9. The lowest BCUT2D eigenvalue weighted by molar-refractivity contribution is -0.382. The lowest BCUT2D eigenvalue weighted by Crippen LogP contribution is -2.63. The standard InChI is InChI=1S/C21H9F16NO3S/c22-15(23,16(24,25)19(30,31)32)14(10-5-6-13-11(8-10)7-9-3-1-2-4-12(9)13)38-41-42(39,40)21(36,37)18(28,29)17(26,27)20(33,34)35/h1-6,8H,7H2. The van der Waals surface area contributed by atoms with E-state index in [0.29, 0.717) is 23.3 Å². The number of benzene rings is 2. The first-order valence-electron chi connectivity index (χ1n) is 10.4. The highest BCUT2D eigenvalue weighted by molar-refractivity contribution is 7.87. The van der Waals surface area contributed by atoms with Gasteiger partial charge in [0.05, 0.1) is 0 Å². The van der Waals surface area contributed by atoms with Gasteiger partial charge in [0.15, 0.2) is 5.71 Å². The van der Waals surface area contributed by atoms with Crippen LogP contribution in [0.2, 0.25) is 0 Å². The molecule has 0 N–H and O–H groups in total. The number of nitrogens with zero attached hydrogens (tertiary/aromatic N) is 1. The number of halogens is 16. The summed E-state index contributed by atoms with van der Waals surface area (Å²) >= 11 is 0. The van der Waals surface area contributed by atoms with Crippen molar-refractivity contribution in [3.63, 3.8) is 0 Å². The third-order valence-corrected chi connectivity index (χ3v) is 6.93. The molecule has 0 aliphatic heterocycles. The fraction of sp³-hybridized carbons (Fsp3) is 0.381. The van der Waals surface area contributed by atoms with Crippen molar-refractivity contribution >= 4 is 15.8 Å². The van der Waals surface area contributed by atoms with Gasteiger partial charge in [0.25, 0.3) is 0 Å². The van der Waals surface area contributed by atoms with E-state index in [1.54, 1.807) is 5.16 Å². The van der Waals surface area contributed by atoms with Crippen molar-refractivity contribution in [3.05, 3.63) is 59.2 Å². The molecule has 0 unspecified atom stereocenters. The Kier molecular flexibility index (Phi) is 7.62. The van der Waals surface area contributed by atoms with Crippen molar-refractivity contribution in [1.29, 1.82) is 0 Å². The van der Waals surface area contributed by atoms with Crippen LogP contribution in [-0.4, -0.2) is 55.4 Å². The SMILES string of the molecule is O=S(=O)(ON=C(c1ccc2c(c1)Cc1ccccc1-2)C(F)(F)C(F)(F)C(F)(F)F)C(F)(F)C(F)(F)C(F)(F)C(F)(F)F. The summed E-state index contributed by atoms with van der Waals surface area (Å²) < 4.78 is 239. The fourth-order valence-electron chi connectivity index (χ4n) is 3.56.